The van der Waals surface area contributed by atoms with Gasteiger partial charge in [0.2, 0.25) is 11.8 Å². The molecule has 0 aliphatic heterocycles. The van der Waals surface area contributed by atoms with Gasteiger partial charge in [-0.1, -0.05) is 36.2 Å². The van der Waals surface area contributed by atoms with Gasteiger partial charge in [-0.3, -0.25) is 9.59 Å². The molecule has 108 valence electrons. The summed E-state index contributed by atoms with van der Waals surface area (Å²) >= 11 is 0. The lowest BCUT2D eigenvalue weighted by molar-refractivity contribution is -0.132. The van der Waals surface area contributed by atoms with Gasteiger partial charge in [-0.05, 0) is 32.3 Å². The Morgan fingerprint density at radius 2 is 1.90 bits per heavy atom. The van der Waals surface area contributed by atoms with Gasteiger partial charge >= 0.3 is 0 Å². The predicted octanol–water partition coefficient (Wildman–Crippen LogP) is 1.92. The first kappa shape index (κ1) is 14.6. The molecule has 4 nitrogen and oxygen atoms in total. The first-order valence-corrected chi connectivity index (χ1v) is 7.20. The highest BCUT2D eigenvalue weighted by Crippen LogP contribution is 2.26. The molecule has 0 heterocycles. The summed E-state index contributed by atoms with van der Waals surface area (Å²) in [6.45, 7) is 4.24. The van der Waals surface area contributed by atoms with Crippen molar-refractivity contribution >= 4 is 11.8 Å². The van der Waals surface area contributed by atoms with E-state index in [4.69, 9.17) is 0 Å². The lowest BCUT2D eigenvalue weighted by Crippen LogP contribution is -2.47. The van der Waals surface area contributed by atoms with E-state index < -0.39 is 6.04 Å². The molecule has 0 unspecified atom stereocenters. The summed E-state index contributed by atoms with van der Waals surface area (Å²) in [6.07, 6.45) is 3.01. The van der Waals surface area contributed by atoms with Gasteiger partial charge in [0.15, 0.2) is 0 Å². The number of aryl methyl sites for hydroxylation is 1. The van der Waals surface area contributed by atoms with Crippen molar-refractivity contribution < 1.29 is 9.59 Å². The third-order valence-corrected chi connectivity index (χ3v) is 3.82. The van der Waals surface area contributed by atoms with Crippen LogP contribution in [-0.2, 0) is 16.1 Å². The van der Waals surface area contributed by atoms with Crippen molar-refractivity contribution in [1.29, 1.82) is 0 Å². The fourth-order valence-electron chi connectivity index (χ4n) is 2.12. The maximum absolute atomic E-state index is 11.9. The average molecular weight is 274 g/mol. The van der Waals surface area contributed by atoms with Crippen LogP contribution in [0.2, 0.25) is 0 Å². The highest BCUT2D eigenvalue weighted by Gasteiger charge is 2.27. The summed E-state index contributed by atoms with van der Waals surface area (Å²) < 4.78 is 0. The van der Waals surface area contributed by atoms with Gasteiger partial charge in [0.05, 0.1) is 0 Å². The van der Waals surface area contributed by atoms with E-state index in [0.717, 1.165) is 24.8 Å². The van der Waals surface area contributed by atoms with Gasteiger partial charge in [0.25, 0.3) is 0 Å². The Hall–Kier alpha value is -1.84. The molecular formula is C16H22N2O2. The normalized spacial score (nSPS) is 16.1. The summed E-state index contributed by atoms with van der Waals surface area (Å²) in [4.78, 5) is 23.7. The fraction of sp³-hybridized carbons (Fsp3) is 0.500. The molecule has 2 rings (SSSR count). The highest BCUT2D eigenvalue weighted by molar-refractivity contribution is 5.88. The summed E-state index contributed by atoms with van der Waals surface area (Å²) in [5.74, 6) is -0.0187. The maximum atomic E-state index is 11.9. The second-order valence-corrected chi connectivity index (χ2v) is 5.56. The minimum atomic E-state index is -0.478. The molecule has 1 atom stereocenters. The molecule has 1 aromatic rings. The molecule has 2 amide bonds. The van der Waals surface area contributed by atoms with Crippen LogP contribution in [0.3, 0.4) is 0 Å². The molecule has 0 bridgehead atoms. The number of amides is 2. The Bertz CT molecular complexity index is 478. The molecule has 0 spiro atoms. The van der Waals surface area contributed by atoms with Crippen molar-refractivity contribution in [2.24, 2.45) is 5.92 Å². The van der Waals surface area contributed by atoms with E-state index in [2.05, 4.69) is 10.6 Å². The molecule has 4 heteroatoms. The van der Waals surface area contributed by atoms with Crippen LogP contribution in [0, 0.1) is 12.8 Å². The van der Waals surface area contributed by atoms with Gasteiger partial charge in [0.1, 0.15) is 6.04 Å². The number of rotatable bonds is 5. The maximum Gasteiger partial charge on any atom is 0.242 e. The van der Waals surface area contributed by atoms with Crippen LogP contribution in [0.4, 0.5) is 0 Å². The lowest BCUT2D eigenvalue weighted by atomic mass is 9.84. The molecule has 1 aliphatic rings. The van der Waals surface area contributed by atoms with E-state index in [0.29, 0.717) is 6.54 Å². The van der Waals surface area contributed by atoms with Crippen LogP contribution in [-0.4, -0.2) is 17.9 Å². The molecule has 0 radical (unpaired) electrons. The lowest BCUT2D eigenvalue weighted by Gasteiger charge is -2.25. The third-order valence-electron chi connectivity index (χ3n) is 3.82. The first-order valence-electron chi connectivity index (χ1n) is 7.20. The predicted molar refractivity (Wildman–Crippen MR) is 78.0 cm³/mol. The van der Waals surface area contributed by atoms with Gasteiger partial charge in [0, 0.05) is 12.5 Å². The van der Waals surface area contributed by atoms with Crippen LogP contribution >= 0.6 is 0 Å². The molecular weight excluding hydrogens is 252 g/mol. The number of hydrogen-bond donors (Lipinski definition) is 2. The van der Waals surface area contributed by atoms with E-state index in [1.807, 2.05) is 31.2 Å². The van der Waals surface area contributed by atoms with Crippen molar-refractivity contribution in [3.63, 3.8) is 0 Å². The SMILES string of the molecule is Cc1ccc(CNC(=O)[C@H](C)NC(=O)C2CCC2)cc1. The Morgan fingerprint density at radius 3 is 2.45 bits per heavy atom. The van der Waals surface area contributed by atoms with Crippen LogP contribution in [0.5, 0.6) is 0 Å². The van der Waals surface area contributed by atoms with Crippen LogP contribution in [0.25, 0.3) is 0 Å². The Balaban J connectivity index is 1.75. The zero-order chi connectivity index (χ0) is 14.5. The molecule has 1 aromatic carbocycles. The van der Waals surface area contributed by atoms with E-state index >= 15 is 0 Å². The van der Waals surface area contributed by atoms with E-state index in [1.54, 1.807) is 6.92 Å². The molecule has 0 saturated heterocycles. The quantitative estimate of drug-likeness (QED) is 0.862. The van der Waals surface area contributed by atoms with Gasteiger partial charge in [-0.25, -0.2) is 0 Å². The van der Waals surface area contributed by atoms with Crippen molar-refractivity contribution in [1.82, 2.24) is 10.6 Å². The largest absolute Gasteiger partial charge is 0.350 e. The molecule has 1 saturated carbocycles. The zero-order valence-electron chi connectivity index (χ0n) is 12.1. The molecule has 2 N–H and O–H groups in total. The Morgan fingerprint density at radius 1 is 1.25 bits per heavy atom. The van der Waals surface area contributed by atoms with Crippen LogP contribution in [0.15, 0.2) is 24.3 Å². The second kappa shape index (κ2) is 6.55. The molecule has 0 aromatic heterocycles. The number of benzene rings is 1. The number of hydrogen-bond acceptors (Lipinski definition) is 2. The molecule has 1 fully saturated rings. The summed E-state index contributed by atoms with van der Waals surface area (Å²) in [5.41, 5.74) is 2.25. The number of carbonyl (C=O) groups excluding carboxylic acids is 2. The Kier molecular flexibility index (Phi) is 4.77. The average Bonchev–Trinajstić information content (AvgIpc) is 2.35. The Labute approximate surface area is 119 Å². The van der Waals surface area contributed by atoms with Crippen molar-refractivity contribution in [2.75, 3.05) is 0 Å². The minimum absolute atomic E-state index is 0.00855. The monoisotopic (exact) mass is 274 g/mol. The van der Waals surface area contributed by atoms with E-state index in [1.165, 1.54) is 5.56 Å². The number of nitrogens with one attached hydrogen (secondary N) is 2. The minimum Gasteiger partial charge on any atom is -0.350 e. The van der Waals surface area contributed by atoms with Crippen molar-refractivity contribution in [3.05, 3.63) is 35.4 Å². The summed E-state index contributed by atoms with van der Waals surface area (Å²) in [6, 6.07) is 7.54. The van der Waals surface area contributed by atoms with Crippen molar-refractivity contribution in [3.8, 4) is 0 Å². The van der Waals surface area contributed by atoms with Crippen LogP contribution < -0.4 is 10.6 Å². The standard InChI is InChI=1S/C16H22N2O2/c1-11-6-8-13(9-7-11)10-17-15(19)12(2)18-16(20)14-4-3-5-14/h6-9,12,14H,3-5,10H2,1-2H3,(H,17,19)(H,18,20)/t12-/m0/s1. The van der Waals surface area contributed by atoms with E-state index in [9.17, 15) is 9.59 Å². The smallest absolute Gasteiger partial charge is 0.242 e. The topological polar surface area (TPSA) is 58.2 Å². The summed E-state index contributed by atoms with van der Waals surface area (Å²) in [5, 5.41) is 5.62. The fourth-order valence-corrected chi connectivity index (χ4v) is 2.12. The third kappa shape index (κ3) is 3.83. The molecule has 1 aliphatic carbocycles. The summed E-state index contributed by atoms with van der Waals surface area (Å²) in [7, 11) is 0. The second-order valence-electron chi connectivity index (χ2n) is 5.56. The van der Waals surface area contributed by atoms with Gasteiger partial charge in [-0.2, -0.15) is 0 Å². The zero-order valence-corrected chi connectivity index (χ0v) is 12.1. The van der Waals surface area contributed by atoms with Gasteiger partial charge in [-0.15, -0.1) is 0 Å². The highest BCUT2D eigenvalue weighted by atomic mass is 16.2. The van der Waals surface area contributed by atoms with E-state index in [-0.39, 0.29) is 17.7 Å². The van der Waals surface area contributed by atoms with Gasteiger partial charge < -0.3 is 10.6 Å². The molecule has 20 heavy (non-hydrogen) atoms. The van der Waals surface area contributed by atoms with Crippen LogP contribution in [0.1, 0.15) is 37.3 Å². The first-order chi connectivity index (χ1) is 9.56. The number of carbonyl (C=O) groups is 2. The van der Waals surface area contributed by atoms with Crippen molar-refractivity contribution in [2.45, 2.75) is 45.7 Å².